The first-order chi connectivity index (χ1) is 13.4. The van der Waals surface area contributed by atoms with Crippen molar-refractivity contribution in [3.05, 3.63) is 103 Å². The number of rotatable bonds is 6. The summed E-state index contributed by atoms with van der Waals surface area (Å²) in [6, 6.07) is 29.4. The summed E-state index contributed by atoms with van der Waals surface area (Å²) >= 11 is 0. The molecular weight excluding hydrogens is 334 g/mol. The highest BCUT2D eigenvalue weighted by Gasteiger charge is 2.31. The highest BCUT2D eigenvalue weighted by Crippen LogP contribution is 2.38. The molecule has 4 rings (SSSR count). The molecule has 1 aliphatic rings. The van der Waals surface area contributed by atoms with Crippen molar-refractivity contribution in [3.8, 4) is 11.5 Å². The van der Waals surface area contributed by atoms with E-state index in [4.69, 9.17) is 14.5 Å². The van der Waals surface area contributed by atoms with E-state index in [-0.39, 0.29) is 0 Å². The quantitative estimate of drug-likeness (QED) is 0.301. The Bertz CT molecular complexity index is 914. The molecule has 0 radical (unpaired) electrons. The maximum absolute atomic E-state index is 6.17. The van der Waals surface area contributed by atoms with Crippen molar-refractivity contribution in [2.75, 3.05) is 0 Å². The molecule has 0 saturated heterocycles. The summed E-state index contributed by atoms with van der Waals surface area (Å²) in [4.78, 5) is 4.77. The van der Waals surface area contributed by atoms with E-state index in [1.54, 1.807) is 6.26 Å². The van der Waals surface area contributed by atoms with Crippen molar-refractivity contribution in [2.45, 2.75) is 12.8 Å². The van der Waals surface area contributed by atoms with Gasteiger partial charge in [0.2, 0.25) is 5.90 Å². The third-order valence-electron chi connectivity index (χ3n) is 4.27. The molecule has 1 aliphatic carbocycles. The van der Waals surface area contributed by atoms with Gasteiger partial charge in [0, 0.05) is 0 Å². The summed E-state index contributed by atoms with van der Waals surface area (Å²) < 4.78 is 12.1. The minimum absolute atomic E-state index is 0.417. The van der Waals surface area contributed by atoms with Crippen molar-refractivity contribution < 1.29 is 9.47 Å². The van der Waals surface area contributed by atoms with Crippen molar-refractivity contribution >= 4 is 11.6 Å². The predicted molar refractivity (Wildman–Crippen MR) is 108 cm³/mol. The van der Waals surface area contributed by atoms with Gasteiger partial charge in [0.1, 0.15) is 11.5 Å². The monoisotopic (exact) mass is 355 g/mol. The van der Waals surface area contributed by atoms with Crippen molar-refractivity contribution in [2.24, 2.45) is 10.9 Å². The smallest absolute Gasteiger partial charge is 0.226 e. The van der Waals surface area contributed by atoms with Gasteiger partial charge in [-0.25, -0.2) is 4.99 Å². The molecule has 0 amide bonds. The number of para-hydroxylation sites is 3. The predicted octanol–water partition coefficient (Wildman–Crippen LogP) is 6.17. The first kappa shape index (κ1) is 17.1. The molecule has 0 atom stereocenters. The largest absolute Gasteiger partial charge is 0.465 e. The van der Waals surface area contributed by atoms with E-state index in [0.29, 0.717) is 11.8 Å². The number of hydrogen-bond acceptors (Lipinski definition) is 3. The van der Waals surface area contributed by atoms with Gasteiger partial charge in [-0.2, -0.15) is 0 Å². The van der Waals surface area contributed by atoms with Crippen LogP contribution in [0.4, 0.5) is 5.69 Å². The van der Waals surface area contributed by atoms with Crippen LogP contribution in [0.1, 0.15) is 12.8 Å². The lowest BCUT2D eigenvalue weighted by Crippen LogP contribution is -2.14. The van der Waals surface area contributed by atoms with Crippen molar-refractivity contribution in [1.29, 1.82) is 0 Å². The van der Waals surface area contributed by atoms with Crippen LogP contribution in [0.15, 0.2) is 108 Å². The summed E-state index contributed by atoms with van der Waals surface area (Å²) in [7, 11) is 0. The van der Waals surface area contributed by atoms with E-state index in [2.05, 4.69) is 0 Å². The lowest BCUT2D eigenvalue weighted by molar-refractivity contribution is 0.469. The molecule has 3 nitrogen and oxygen atoms in total. The molecule has 134 valence electrons. The van der Waals surface area contributed by atoms with Crippen LogP contribution in [0.5, 0.6) is 11.5 Å². The van der Waals surface area contributed by atoms with Crippen LogP contribution in [0, 0.1) is 5.92 Å². The Hall–Kier alpha value is -3.33. The third-order valence-corrected chi connectivity index (χ3v) is 4.27. The molecule has 0 N–H and O–H groups in total. The van der Waals surface area contributed by atoms with Gasteiger partial charge in [-0.05, 0) is 55.2 Å². The Kier molecular flexibility index (Phi) is 5.30. The Balaban J connectivity index is 1.67. The SMILES string of the molecule is C(/Oc1ccccc1)=C(\C(=Nc1ccccc1)Oc1ccccc1)C1CC1. The van der Waals surface area contributed by atoms with Gasteiger partial charge in [0.25, 0.3) is 0 Å². The van der Waals surface area contributed by atoms with Crippen molar-refractivity contribution in [3.63, 3.8) is 0 Å². The molecular formula is C24H21NO2. The minimum Gasteiger partial charge on any atom is -0.465 e. The zero-order valence-electron chi connectivity index (χ0n) is 15.0. The van der Waals surface area contributed by atoms with Gasteiger partial charge in [-0.15, -0.1) is 0 Å². The molecule has 0 bridgehead atoms. The van der Waals surface area contributed by atoms with Gasteiger partial charge in [0.15, 0.2) is 0 Å². The Morgan fingerprint density at radius 1 is 0.741 bits per heavy atom. The summed E-state index contributed by atoms with van der Waals surface area (Å²) in [6.45, 7) is 0. The number of ether oxygens (including phenoxy) is 2. The zero-order chi connectivity index (χ0) is 18.3. The van der Waals surface area contributed by atoms with Crippen LogP contribution in [-0.2, 0) is 0 Å². The second kappa shape index (κ2) is 8.37. The molecule has 0 aromatic heterocycles. The normalized spacial score (nSPS) is 14.7. The standard InChI is InChI=1S/C24H21NO2/c1-4-10-20(11-5-1)25-24(27-22-14-8-3-9-15-22)23(19-16-17-19)18-26-21-12-6-2-7-13-21/h1-15,18-19H,16-17H2/b23-18+,25-24?. The molecule has 3 heteroatoms. The second-order valence-electron chi connectivity index (χ2n) is 6.45. The molecule has 0 spiro atoms. The first-order valence-electron chi connectivity index (χ1n) is 9.17. The molecule has 3 aromatic carbocycles. The Labute approximate surface area is 159 Å². The molecule has 3 aromatic rings. The van der Waals surface area contributed by atoms with Crippen LogP contribution in [-0.4, -0.2) is 5.90 Å². The molecule has 1 fully saturated rings. The van der Waals surface area contributed by atoms with E-state index in [1.807, 2.05) is 91.0 Å². The van der Waals surface area contributed by atoms with Crippen LogP contribution in [0.2, 0.25) is 0 Å². The van der Waals surface area contributed by atoms with Crippen LogP contribution in [0.3, 0.4) is 0 Å². The lowest BCUT2D eigenvalue weighted by atomic mass is 10.2. The minimum atomic E-state index is 0.417. The van der Waals surface area contributed by atoms with Gasteiger partial charge in [-0.3, -0.25) is 0 Å². The van der Waals surface area contributed by atoms with E-state index in [9.17, 15) is 0 Å². The number of benzene rings is 3. The van der Waals surface area contributed by atoms with Gasteiger partial charge in [-0.1, -0.05) is 54.6 Å². The number of nitrogens with zero attached hydrogens (tertiary/aromatic N) is 1. The van der Waals surface area contributed by atoms with Crippen LogP contribution < -0.4 is 9.47 Å². The van der Waals surface area contributed by atoms with Gasteiger partial charge < -0.3 is 9.47 Å². The van der Waals surface area contributed by atoms with E-state index in [0.717, 1.165) is 35.6 Å². The maximum Gasteiger partial charge on any atom is 0.226 e. The fourth-order valence-electron chi connectivity index (χ4n) is 2.71. The summed E-state index contributed by atoms with van der Waals surface area (Å²) in [5, 5.41) is 0. The maximum atomic E-state index is 6.17. The first-order valence-corrected chi connectivity index (χ1v) is 9.17. The van der Waals surface area contributed by atoms with E-state index < -0.39 is 0 Å². The zero-order valence-corrected chi connectivity index (χ0v) is 15.0. The summed E-state index contributed by atoms with van der Waals surface area (Å²) in [6.07, 6.45) is 4.03. The number of hydrogen-bond donors (Lipinski definition) is 0. The molecule has 0 unspecified atom stereocenters. The van der Waals surface area contributed by atoms with Gasteiger partial charge >= 0.3 is 0 Å². The van der Waals surface area contributed by atoms with Crippen LogP contribution in [0.25, 0.3) is 0 Å². The fourth-order valence-corrected chi connectivity index (χ4v) is 2.71. The average molecular weight is 355 g/mol. The molecule has 1 saturated carbocycles. The fraction of sp³-hybridized carbons (Fsp3) is 0.125. The van der Waals surface area contributed by atoms with Crippen molar-refractivity contribution in [1.82, 2.24) is 0 Å². The molecule has 0 heterocycles. The Morgan fingerprint density at radius 3 is 1.89 bits per heavy atom. The summed E-state index contributed by atoms with van der Waals surface area (Å²) in [5.74, 6) is 2.57. The van der Waals surface area contributed by atoms with E-state index in [1.165, 1.54) is 0 Å². The highest BCUT2D eigenvalue weighted by atomic mass is 16.5. The highest BCUT2D eigenvalue weighted by molar-refractivity contribution is 5.97. The second-order valence-corrected chi connectivity index (χ2v) is 6.45. The third kappa shape index (κ3) is 4.85. The summed E-state index contributed by atoms with van der Waals surface area (Å²) in [5.41, 5.74) is 1.85. The van der Waals surface area contributed by atoms with E-state index >= 15 is 0 Å². The Morgan fingerprint density at radius 2 is 1.30 bits per heavy atom. The van der Waals surface area contributed by atoms with Crippen LogP contribution >= 0.6 is 0 Å². The molecule has 27 heavy (non-hydrogen) atoms. The molecule has 0 aliphatic heterocycles. The average Bonchev–Trinajstić information content (AvgIpc) is 3.56. The van der Waals surface area contributed by atoms with Gasteiger partial charge in [0.05, 0.1) is 17.5 Å². The lowest BCUT2D eigenvalue weighted by Gasteiger charge is -2.13. The topological polar surface area (TPSA) is 30.8 Å². The number of aliphatic imine (C=N–C) groups is 1.